The molecule has 1 aromatic carbocycles. The summed E-state index contributed by atoms with van der Waals surface area (Å²) in [5.41, 5.74) is 3.05. The summed E-state index contributed by atoms with van der Waals surface area (Å²) in [7, 11) is 1.94. The van der Waals surface area contributed by atoms with E-state index in [1.54, 1.807) is 6.07 Å². The number of nitrogens with zero attached hydrogens (tertiary/aromatic N) is 2. The van der Waals surface area contributed by atoms with Gasteiger partial charge in [0.25, 0.3) is 0 Å². The highest BCUT2D eigenvalue weighted by molar-refractivity contribution is 5.45. The van der Waals surface area contributed by atoms with E-state index in [0.29, 0.717) is 12.6 Å². The average molecular weight is 285 g/mol. The molecule has 1 heterocycles. The van der Waals surface area contributed by atoms with Gasteiger partial charge in [-0.25, -0.2) is 4.39 Å². The van der Waals surface area contributed by atoms with Gasteiger partial charge >= 0.3 is 0 Å². The summed E-state index contributed by atoms with van der Waals surface area (Å²) < 4.78 is 13.2. The number of benzene rings is 1. The standard InChI is InChI=1S/C17H20FN3/c1-21(17-4-2-3-14(18)9-17)12-16-6-5-13(11-20-16)10-19-15-7-8-15/h2-6,9,11,15,19H,7-8,10,12H2,1H3. The molecule has 1 saturated carbocycles. The van der Waals surface area contributed by atoms with Gasteiger partial charge in [-0.3, -0.25) is 4.98 Å². The third-order valence-corrected chi connectivity index (χ3v) is 3.71. The van der Waals surface area contributed by atoms with Crippen molar-refractivity contribution in [3.05, 3.63) is 59.7 Å². The maximum Gasteiger partial charge on any atom is 0.125 e. The highest BCUT2D eigenvalue weighted by Gasteiger charge is 2.19. The molecular formula is C17H20FN3. The fourth-order valence-electron chi connectivity index (χ4n) is 2.25. The lowest BCUT2D eigenvalue weighted by molar-refractivity contribution is 0.627. The SMILES string of the molecule is CN(Cc1ccc(CNC2CC2)cn1)c1cccc(F)c1. The number of anilines is 1. The molecule has 3 nitrogen and oxygen atoms in total. The molecule has 4 heteroatoms. The number of hydrogen-bond acceptors (Lipinski definition) is 3. The van der Waals surface area contributed by atoms with E-state index in [9.17, 15) is 4.39 Å². The Morgan fingerprint density at radius 3 is 2.81 bits per heavy atom. The Balaban J connectivity index is 1.58. The Kier molecular flexibility index (Phi) is 4.15. The lowest BCUT2D eigenvalue weighted by Gasteiger charge is -2.19. The van der Waals surface area contributed by atoms with Crippen LogP contribution in [-0.2, 0) is 13.1 Å². The number of halogens is 1. The van der Waals surface area contributed by atoms with Crippen molar-refractivity contribution in [3.8, 4) is 0 Å². The number of hydrogen-bond donors (Lipinski definition) is 1. The van der Waals surface area contributed by atoms with Gasteiger partial charge in [-0.1, -0.05) is 12.1 Å². The molecule has 2 aromatic rings. The van der Waals surface area contributed by atoms with Crippen molar-refractivity contribution in [3.63, 3.8) is 0 Å². The first kappa shape index (κ1) is 14.0. The highest BCUT2D eigenvalue weighted by Crippen LogP contribution is 2.19. The van der Waals surface area contributed by atoms with E-state index in [-0.39, 0.29) is 5.82 Å². The van der Waals surface area contributed by atoms with Crippen LogP contribution in [0, 0.1) is 5.82 Å². The smallest absolute Gasteiger partial charge is 0.125 e. The van der Waals surface area contributed by atoms with Crippen molar-refractivity contribution in [2.45, 2.75) is 32.0 Å². The zero-order valence-corrected chi connectivity index (χ0v) is 12.2. The zero-order valence-electron chi connectivity index (χ0n) is 12.2. The lowest BCUT2D eigenvalue weighted by Crippen LogP contribution is -2.18. The Morgan fingerprint density at radius 2 is 2.14 bits per heavy atom. The van der Waals surface area contributed by atoms with Crippen LogP contribution in [0.1, 0.15) is 24.1 Å². The van der Waals surface area contributed by atoms with Crippen molar-refractivity contribution in [2.75, 3.05) is 11.9 Å². The van der Waals surface area contributed by atoms with E-state index in [1.165, 1.54) is 30.5 Å². The van der Waals surface area contributed by atoms with E-state index in [2.05, 4.69) is 16.4 Å². The average Bonchev–Trinajstić information content (AvgIpc) is 3.31. The van der Waals surface area contributed by atoms with Crippen LogP contribution in [0.2, 0.25) is 0 Å². The molecule has 110 valence electrons. The Morgan fingerprint density at radius 1 is 1.29 bits per heavy atom. The molecule has 0 saturated heterocycles. The molecule has 1 aliphatic rings. The molecule has 0 unspecified atom stereocenters. The van der Waals surface area contributed by atoms with Crippen LogP contribution in [0.15, 0.2) is 42.6 Å². The first-order chi connectivity index (χ1) is 10.2. The third kappa shape index (κ3) is 4.02. The molecule has 0 spiro atoms. The molecule has 1 aromatic heterocycles. The quantitative estimate of drug-likeness (QED) is 0.884. The fourth-order valence-corrected chi connectivity index (χ4v) is 2.25. The normalized spacial score (nSPS) is 14.2. The van der Waals surface area contributed by atoms with Gasteiger partial charge in [-0.15, -0.1) is 0 Å². The minimum Gasteiger partial charge on any atom is -0.369 e. The van der Waals surface area contributed by atoms with Crippen LogP contribution >= 0.6 is 0 Å². The molecular weight excluding hydrogens is 265 g/mol. The molecule has 3 rings (SSSR count). The van der Waals surface area contributed by atoms with Gasteiger partial charge in [0.15, 0.2) is 0 Å². The summed E-state index contributed by atoms with van der Waals surface area (Å²) in [4.78, 5) is 6.48. The summed E-state index contributed by atoms with van der Waals surface area (Å²) in [6, 6.07) is 11.5. The summed E-state index contributed by atoms with van der Waals surface area (Å²) in [6.45, 7) is 1.55. The molecule has 1 fully saturated rings. The summed E-state index contributed by atoms with van der Waals surface area (Å²) in [6.07, 6.45) is 4.51. The van der Waals surface area contributed by atoms with Gasteiger partial charge in [0.1, 0.15) is 5.82 Å². The Labute approximate surface area is 124 Å². The van der Waals surface area contributed by atoms with Gasteiger partial charge in [0, 0.05) is 31.5 Å². The number of aromatic nitrogens is 1. The Bertz CT molecular complexity index is 593. The second-order valence-corrected chi connectivity index (χ2v) is 5.65. The number of nitrogens with one attached hydrogen (secondary N) is 1. The monoisotopic (exact) mass is 285 g/mol. The molecule has 0 aliphatic heterocycles. The first-order valence-electron chi connectivity index (χ1n) is 7.34. The van der Waals surface area contributed by atoms with Gasteiger partial charge in [0.05, 0.1) is 12.2 Å². The second-order valence-electron chi connectivity index (χ2n) is 5.65. The molecule has 0 bridgehead atoms. The summed E-state index contributed by atoms with van der Waals surface area (Å²) in [5, 5.41) is 3.47. The van der Waals surface area contributed by atoms with Gasteiger partial charge in [-0.2, -0.15) is 0 Å². The van der Waals surface area contributed by atoms with Crippen LogP contribution in [0.3, 0.4) is 0 Å². The van der Waals surface area contributed by atoms with Crippen molar-refractivity contribution in [1.29, 1.82) is 0 Å². The predicted molar refractivity (Wildman–Crippen MR) is 82.6 cm³/mol. The lowest BCUT2D eigenvalue weighted by atomic mass is 10.2. The minimum atomic E-state index is -0.214. The number of pyridine rings is 1. The topological polar surface area (TPSA) is 28.2 Å². The van der Waals surface area contributed by atoms with Gasteiger partial charge in [-0.05, 0) is 42.7 Å². The molecule has 1 aliphatic carbocycles. The van der Waals surface area contributed by atoms with E-state index in [1.807, 2.05) is 30.3 Å². The maximum absolute atomic E-state index is 13.2. The fraction of sp³-hybridized carbons (Fsp3) is 0.353. The molecule has 0 radical (unpaired) electrons. The highest BCUT2D eigenvalue weighted by atomic mass is 19.1. The van der Waals surface area contributed by atoms with Crippen LogP contribution < -0.4 is 10.2 Å². The van der Waals surface area contributed by atoms with Crippen LogP contribution in [0.5, 0.6) is 0 Å². The van der Waals surface area contributed by atoms with Crippen molar-refractivity contribution < 1.29 is 4.39 Å². The first-order valence-corrected chi connectivity index (χ1v) is 7.34. The van der Waals surface area contributed by atoms with Crippen molar-refractivity contribution >= 4 is 5.69 Å². The minimum absolute atomic E-state index is 0.214. The number of rotatable bonds is 6. The van der Waals surface area contributed by atoms with Crippen molar-refractivity contribution in [2.24, 2.45) is 0 Å². The van der Waals surface area contributed by atoms with Crippen LogP contribution in [-0.4, -0.2) is 18.1 Å². The zero-order chi connectivity index (χ0) is 14.7. The molecule has 0 amide bonds. The summed E-state index contributed by atoms with van der Waals surface area (Å²) >= 11 is 0. The van der Waals surface area contributed by atoms with E-state index >= 15 is 0 Å². The van der Waals surface area contributed by atoms with Crippen molar-refractivity contribution in [1.82, 2.24) is 10.3 Å². The van der Waals surface area contributed by atoms with E-state index in [4.69, 9.17) is 0 Å². The Hall–Kier alpha value is -1.94. The van der Waals surface area contributed by atoms with Crippen LogP contribution in [0.25, 0.3) is 0 Å². The third-order valence-electron chi connectivity index (χ3n) is 3.71. The largest absolute Gasteiger partial charge is 0.369 e. The maximum atomic E-state index is 13.2. The molecule has 0 atom stereocenters. The van der Waals surface area contributed by atoms with Crippen LogP contribution in [0.4, 0.5) is 10.1 Å². The van der Waals surface area contributed by atoms with E-state index in [0.717, 1.165) is 17.9 Å². The summed E-state index contributed by atoms with van der Waals surface area (Å²) in [5.74, 6) is -0.214. The van der Waals surface area contributed by atoms with Gasteiger partial charge in [0.2, 0.25) is 0 Å². The van der Waals surface area contributed by atoms with E-state index < -0.39 is 0 Å². The van der Waals surface area contributed by atoms with Gasteiger partial charge < -0.3 is 10.2 Å². The second kappa shape index (κ2) is 6.22. The molecule has 21 heavy (non-hydrogen) atoms. The predicted octanol–water partition coefficient (Wildman–Crippen LogP) is 3.11. The molecule has 1 N–H and O–H groups in total.